The standard InChI is InChI=1S/C20H17ClFN3O2/c1-12-13(2)23-19(14-5-3-6-15(21)9-14)25(20(12)27)11-18(26)24-17-8-4-7-16(22)10-17/h3-10H,11H2,1-2H3,(H,24,26). The molecule has 0 bridgehead atoms. The molecule has 138 valence electrons. The predicted octanol–water partition coefficient (Wildman–Crippen LogP) is 3.96. The molecule has 0 saturated carbocycles. The summed E-state index contributed by atoms with van der Waals surface area (Å²) in [6, 6.07) is 12.5. The summed E-state index contributed by atoms with van der Waals surface area (Å²) in [6.45, 7) is 3.14. The molecular formula is C20H17ClFN3O2. The highest BCUT2D eigenvalue weighted by Gasteiger charge is 2.16. The minimum absolute atomic E-state index is 0.259. The zero-order valence-electron chi connectivity index (χ0n) is 14.8. The van der Waals surface area contributed by atoms with Gasteiger partial charge in [0.15, 0.2) is 0 Å². The van der Waals surface area contributed by atoms with Gasteiger partial charge in [-0.1, -0.05) is 29.8 Å². The van der Waals surface area contributed by atoms with Gasteiger partial charge in [-0.25, -0.2) is 9.37 Å². The molecule has 0 atom stereocenters. The zero-order chi connectivity index (χ0) is 19.6. The molecule has 0 saturated heterocycles. The van der Waals surface area contributed by atoms with Gasteiger partial charge in [-0.05, 0) is 44.2 Å². The van der Waals surface area contributed by atoms with E-state index in [0.717, 1.165) is 0 Å². The first-order valence-corrected chi connectivity index (χ1v) is 8.62. The van der Waals surface area contributed by atoms with E-state index in [4.69, 9.17) is 11.6 Å². The Morgan fingerprint density at radius 1 is 1.19 bits per heavy atom. The molecule has 0 radical (unpaired) electrons. The van der Waals surface area contributed by atoms with Crippen LogP contribution in [-0.2, 0) is 11.3 Å². The summed E-state index contributed by atoms with van der Waals surface area (Å²) in [6.07, 6.45) is 0. The largest absolute Gasteiger partial charge is 0.324 e. The Morgan fingerprint density at radius 3 is 2.63 bits per heavy atom. The fraction of sp³-hybridized carbons (Fsp3) is 0.150. The Balaban J connectivity index is 2.00. The highest BCUT2D eigenvalue weighted by Crippen LogP contribution is 2.21. The van der Waals surface area contributed by atoms with Gasteiger partial charge in [0, 0.05) is 27.5 Å². The molecule has 1 heterocycles. The molecular weight excluding hydrogens is 369 g/mol. The summed E-state index contributed by atoms with van der Waals surface area (Å²) in [5.74, 6) is -0.576. The molecule has 0 aliphatic heterocycles. The van der Waals surface area contributed by atoms with Crippen LogP contribution in [0.2, 0.25) is 5.02 Å². The van der Waals surface area contributed by atoms with E-state index in [1.807, 2.05) is 0 Å². The maximum Gasteiger partial charge on any atom is 0.257 e. The highest BCUT2D eigenvalue weighted by atomic mass is 35.5. The van der Waals surface area contributed by atoms with E-state index in [2.05, 4.69) is 10.3 Å². The van der Waals surface area contributed by atoms with Crippen LogP contribution in [0, 0.1) is 19.7 Å². The molecule has 27 heavy (non-hydrogen) atoms. The quantitative estimate of drug-likeness (QED) is 0.739. The van der Waals surface area contributed by atoms with Gasteiger partial charge in [0.05, 0.1) is 0 Å². The average Bonchev–Trinajstić information content (AvgIpc) is 2.62. The summed E-state index contributed by atoms with van der Waals surface area (Å²) >= 11 is 6.06. The average molecular weight is 386 g/mol. The fourth-order valence-corrected chi connectivity index (χ4v) is 2.85. The topological polar surface area (TPSA) is 64.0 Å². The lowest BCUT2D eigenvalue weighted by atomic mass is 10.1. The van der Waals surface area contributed by atoms with Crippen molar-refractivity contribution in [2.24, 2.45) is 0 Å². The number of hydrogen-bond acceptors (Lipinski definition) is 3. The minimum atomic E-state index is -0.462. The van der Waals surface area contributed by atoms with Gasteiger partial charge in [-0.2, -0.15) is 0 Å². The van der Waals surface area contributed by atoms with Gasteiger partial charge in [-0.3, -0.25) is 14.2 Å². The first kappa shape index (κ1) is 18.8. The summed E-state index contributed by atoms with van der Waals surface area (Å²) in [5.41, 5.74) is 1.67. The van der Waals surface area contributed by atoms with Gasteiger partial charge in [0.1, 0.15) is 18.2 Å². The van der Waals surface area contributed by atoms with Crippen LogP contribution in [-0.4, -0.2) is 15.5 Å². The number of amides is 1. The van der Waals surface area contributed by atoms with Crippen molar-refractivity contribution in [3.63, 3.8) is 0 Å². The molecule has 2 aromatic carbocycles. The third-order valence-electron chi connectivity index (χ3n) is 4.13. The maximum atomic E-state index is 13.3. The third kappa shape index (κ3) is 4.23. The number of nitrogens with one attached hydrogen (secondary N) is 1. The molecule has 3 rings (SSSR count). The van der Waals surface area contributed by atoms with Gasteiger partial charge in [0.2, 0.25) is 5.91 Å². The Bertz CT molecular complexity index is 1080. The molecule has 5 nitrogen and oxygen atoms in total. The zero-order valence-corrected chi connectivity index (χ0v) is 15.5. The summed E-state index contributed by atoms with van der Waals surface area (Å²) in [5, 5.41) is 3.09. The van der Waals surface area contributed by atoms with E-state index >= 15 is 0 Å². The lowest BCUT2D eigenvalue weighted by molar-refractivity contribution is -0.116. The van der Waals surface area contributed by atoms with E-state index in [9.17, 15) is 14.0 Å². The SMILES string of the molecule is Cc1nc(-c2cccc(Cl)c2)n(CC(=O)Nc2cccc(F)c2)c(=O)c1C. The molecule has 7 heteroatoms. The second-order valence-corrected chi connectivity index (χ2v) is 6.54. The van der Waals surface area contributed by atoms with Crippen LogP contribution in [0.1, 0.15) is 11.3 Å². The smallest absolute Gasteiger partial charge is 0.257 e. The van der Waals surface area contributed by atoms with Crippen molar-refractivity contribution in [3.05, 3.63) is 81.0 Å². The summed E-state index contributed by atoms with van der Waals surface area (Å²) in [7, 11) is 0. The number of rotatable bonds is 4. The van der Waals surface area contributed by atoms with E-state index in [1.54, 1.807) is 44.2 Å². The van der Waals surface area contributed by atoms with Crippen LogP contribution in [0.3, 0.4) is 0 Å². The van der Waals surface area contributed by atoms with Crippen LogP contribution in [0.5, 0.6) is 0 Å². The summed E-state index contributed by atoms with van der Waals surface area (Å²) in [4.78, 5) is 29.7. The van der Waals surface area contributed by atoms with Crippen molar-refractivity contribution in [3.8, 4) is 11.4 Å². The molecule has 1 N–H and O–H groups in total. The highest BCUT2D eigenvalue weighted by molar-refractivity contribution is 6.30. The molecule has 0 unspecified atom stereocenters. The van der Waals surface area contributed by atoms with E-state index in [0.29, 0.717) is 33.4 Å². The van der Waals surface area contributed by atoms with Crippen molar-refractivity contribution < 1.29 is 9.18 Å². The predicted molar refractivity (Wildman–Crippen MR) is 103 cm³/mol. The van der Waals surface area contributed by atoms with Gasteiger partial charge in [-0.15, -0.1) is 0 Å². The van der Waals surface area contributed by atoms with Crippen LogP contribution < -0.4 is 10.9 Å². The summed E-state index contributed by atoms with van der Waals surface area (Å²) < 4.78 is 14.6. The molecule has 0 aliphatic rings. The third-order valence-corrected chi connectivity index (χ3v) is 4.37. The minimum Gasteiger partial charge on any atom is -0.324 e. The number of carbonyl (C=O) groups excluding carboxylic acids is 1. The number of anilines is 1. The maximum absolute atomic E-state index is 13.3. The lowest BCUT2D eigenvalue weighted by Crippen LogP contribution is -2.31. The van der Waals surface area contributed by atoms with Crippen LogP contribution in [0.4, 0.5) is 10.1 Å². The van der Waals surface area contributed by atoms with E-state index in [1.165, 1.54) is 22.8 Å². The van der Waals surface area contributed by atoms with Crippen molar-refractivity contribution >= 4 is 23.2 Å². The van der Waals surface area contributed by atoms with Crippen LogP contribution in [0.15, 0.2) is 53.3 Å². The van der Waals surface area contributed by atoms with Crippen LogP contribution in [0.25, 0.3) is 11.4 Å². The Morgan fingerprint density at radius 2 is 1.93 bits per heavy atom. The second kappa shape index (κ2) is 7.72. The van der Waals surface area contributed by atoms with Gasteiger partial charge in [0.25, 0.3) is 5.56 Å². The fourth-order valence-electron chi connectivity index (χ4n) is 2.66. The van der Waals surface area contributed by atoms with Crippen molar-refractivity contribution in [1.29, 1.82) is 0 Å². The second-order valence-electron chi connectivity index (χ2n) is 6.11. The molecule has 0 spiro atoms. The van der Waals surface area contributed by atoms with Gasteiger partial charge < -0.3 is 5.32 Å². The number of nitrogens with zero attached hydrogens (tertiary/aromatic N) is 2. The Kier molecular flexibility index (Phi) is 5.37. The molecule has 0 fully saturated rings. The first-order valence-electron chi connectivity index (χ1n) is 8.24. The molecule has 1 amide bonds. The molecule has 0 aliphatic carbocycles. The number of aromatic nitrogens is 2. The Hall–Kier alpha value is -2.99. The molecule has 1 aromatic heterocycles. The first-order chi connectivity index (χ1) is 12.8. The van der Waals surface area contributed by atoms with E-state index in [-0.39, 0.29) is 12.1 Å². The van der Waals surface area contributed by atoms with Crippen molar-refractivity contribution in [1.82, 2.24) is 9.55 Å². The van der Waals surface area contributed by atoms with Crippen LogP contribution >= 0.6 is 11.6 Å². The molecule has 3 aromatic rings. The van der Waals surface area contributed by atoms with Crippen molar-refractivity contribution in [2.75, 3.05) is 5.32 Å². The van der Waals surface area contributed by atoms with Gasteiger partial charge >= 0.3 is 0 Å². The monoisotopic (exact) mass is 385 g/mol. The normalized spacial score (nSPS) is 10.7. The Labute approximate surface area is 160 Å². The number of benzene rings is 2. The van der Waals surface area contributed by atoms with E-state index < -0.39 is 11.7 Å². The number of halogens is 2. The number of aryl methyl sites for hydroxylation is 1. The number of hydrogen-bond donors (Lipinski definition) is 1. The van der Waals surface area contributed by atoms with Crippen molar-refractivity contribution in [2.45, 2.75) is 20.4 Å². The number of carbonyl (C=O) groups is 1. The lowest BCUT2D eigenvalue weighted by Gasteiger charge is -2.15.